The Bertz CT molecular complexity index is 464. The van der Waals surface area contributed by atoms with Gasteiger partial charge in [-0.25, -0.2) is 9.59 Å². The van der Waals surface area contributed by atoms with E-state index < -0.39 is 24.6 Å². The van der Waals surface area contributed by atoms with Gasteiger partial charge in [0.15, 0.2) is 6.04 Å². The molecular formula is C11H13IN2O4. The summed E-state index contributed by atoms with van der Waals surface area (Å²) in [7, 11) is 0. The van der Waals surface area contributed by atoms with Crippen molar-refractivity contribution < 1.29 is 19.8 Å². The summed E-state index contributed by atoms with van der Waals surface area (Å²) in [6, 6.07) is 3.42. The predicted molar refractivity (Wildman–Crippen MR) is 74.6 cm³/mol. The molecule has 7 heteroatoms. The summed E-state index contributed by atoms with van der Waals surface area (Å²) < 4.78 is 0.988. The van der Waals surface area contributed by atoms with E-state index in [9.17, 15) is 9.59 Å². The van der Waals surface area contributed by atoms with Gasteiger partial charge in [0, 0.05) is 9.26 Å². The zero-order chi connectivity index (χ0) is 13.7. The van der Waals surface area contributed by atoms with E-state index in [1.165, 1.54) is 0 Å². The lowest BCUT2D eigenvalue weighted by Crippen LogP contribution is -2.45. The topological polar surface area (TPSA) is 98.7 Å². The van der Waals surface area contributed by atoms with Gasteiger partial charge in [0.2, 0.25) is 0 Å². The maximum Gasteiger partial charge on any atom is 0.328 e. The van der Waals surface area contributed by atoms with Crippen LogP contribution in [0.25, 0.3) is 0 Å². The van der Waals surface area contributed by atoms with Gasteiger partial charge in [-0.3, -0.25) is 0 Å². The number of hydrogen-bond acceptors (Lipinski definition) is 3. The van der Waals surface area contributed by atoms with Crippen LogP contribution < -0.4 is 10.6 Å². The summed E-state index contributed by atoms with van der Waals surface area (Å²) in [4.78, 5) is 22.2. The molecule has 18 heavy (non-hydrogen) atoms. The van der Waals surface area contributed by atoms with Crippen LogP contribution >= 0.6 is 22.6 Å². The molecule has 0 aromatic heterocycles. The lowest BCUT2D eigenvalue weighted by Gasteiger charge is -2.14. The molecular weight excluding hydrogens is 351 g/mol. The minimum Gasteiger partial charge on any atom is -0.480 e. The van der Waals surface area contributed by atoms with Crippen molar-refractivity contribution in [3.05, 3.63) is 27.3 Å². The fourth-order valence-corrected chi connectivity index (χ4v) is 1.74. The average Bonchev–Trinajstić information content (AvgIpc) is 2.31. The van der Waals surface area contributed by atoms with Gasteiger partial charge in [-0.2, -0.15) is 0 Å². The first kappa shape index (κ1) is 14.7. The molecule has 0 saturated heterocycles. The third-order valence-corrected chi connectivity index (χ3v) is 3.47. The molecule has 2 amide bonds. The maximum absolute atomic E-state index is 11.6. The Balaban J connectivity index is 2.70. The van der Waals surface area contributed by atoms with E-state index in [2.05, 4.69) is 33.2 Å². The molecule has 0 saturated carbocycles. The van der Waals surface area contributed by atoms with Crippen LogP contribution in [0.15, 0.2) is 18.2 Å². The van der Waals surface area contributed by atoms with Crippen molar-refractivity contribution >= 4 is 40.3 Å². The van der Waals surface area contributed by atoms with Crippen LogP contribution in [0, 0.1) is 10.5 Å². The highest BCUT2D eigenvalue weighted by molar-refractivity contribution is 14.1. The smallest absolute Gasteiger partial charge is 0.328 e. The number of rotatable bonds is 4. The molecule has 98 valence electrons. The summed E-state index contributed by atoms with van der Waals surface area (Å²) >= 11 is 2.13. The Labute approximate surface area is 118 Å². The zero-order valence-corrected chi connectivity index (χ0v) is 11.8. The van der Waals surface area contributed by atoms with Gasteiger partial charge >= 0.3 is 12.0 Å². The van der Waals surface area contributed by atoms with E-state index >= 15 is 0 Å². The zero-order valence-electron chi connectivity index (χ0n) is 9.61. The largest absolute Gasteiger partial charge is 0.480 e. The molecule has 0 heterocycles. The van der Waals surface area contributed by atoms with E-state index in [-0.39, 0.29) is 0 Å². The van der Waals surface area contributed by atoms with Crippen molar-refractivity contribution in [2.75, 3.05) is 11.9 Å². The first-order valence-electron chi connectivity index (χ1n) is 5.12. The van der Waals surface area contributed by atoms with E-state index in [0.29, 0.717) is 5.69 Å². The molecule has 0 spiro atoms. The molecule has 0 aliphatic rings. The Kier molecular flexibility index (Phi) is 5.35. The number of nitrogens with one attached hydrogen (secondary N) is 2. The van der Waals surface area contributed by atoms with Crippen molar-refractivity contribution in [1.29, 1.82) is 0 Å². The second-order valence-electron chi connectivity index (χ2n) is 3.58. The number of aliphatic carboxylic acids is 1. The number of aliphatic hydroxyl groups excluding tert-OH is 1. The quantitative estimate of drug-likeness (QED) is 0.603. The number of carbonyl (C=O) groups is 2. The number of urea groups is 1. The number of halogens is 1. The van der Waals surface area contributed by atoms with E-state index in [4.69, 9.17) is 10.2 Å². The van der Waals surface area contributed by atoms with Crippen LogP contribution in [0.2, 0.25) is 0 Å². The van der Waals surface area contributed by atoms with E-state index in [0.717, 1.165) is 9.13 Å². The number of aliphatic hydroxyl groups is 1. The van der Waals surface area contributed by atoms with Crippen LogP contribution in [-0.2, 0) is 4.79 Å². The summed E-state index contributed by atoms with van der Waals surface area (Å²) in [6.07, 6.45) is 0. The van der Waals surface area contributed by atoms with Crippen molar-refractivity contribution in [3.8, 4) is 0 Å². The van der Waals surface area contributed by atoms with Gasteiger partial charge in [-0.1, -0.05) is 6.07 Å². The summed E-state index contributed by atoms with van der Waals surface area (Å²) in [6.45, 7) is 1.19. The first-order valence-corrected chi connectivity index (χ1v) is 6.20. The van der Waals surface area contributed by atoms with E-state index in [1.54, 1.807) is 12.1 Å². The maximum atomic E-state index is 11.6. The van der Waals surface area contributed by atoms with Gasteiger partial charge < -0.3 is 20.8 Å². The molecule has 1 rings (SSSR count). The van der Waals surface area contributed by atoms with E-state index in [1.807, 2.05) is 13.0 Å². The number of carbonyl (C=O) groups excluding carboxylic acids is 1. The fourth-order valence-electron chi connectivity index (χ4n) is 1.25. The van der Waals surface area contributed by atoms with Crippen LogP contribution in [0.4, 0.5) is 10.5 Å². The molecule has 0 radical (unpaired) electrons. The number of carboxylic acids is 1. The van der Waals surface area contributed by atoms with Crippen LogP contribution in [0.5, 0.6) is 0 Å². The SMILES string of the molecule is Cc1c(I)cccc1NC(=O)NC(CO)C(=O)O. The Morgan fingerprint density at radius 2 is 2.11 bits per heavy atom. The van der Waals surface area contributed by atoms with Crippen LogP contribution in [0.1, 0.15) is 5.56 Å². The van der Waals surface area contributed by atoms with Crippen LogP contribution in [0.3, 0.4) is 0 Å². The minimum atomic E-state index is -1.31. The van der Waals surface area contributed by atoms with Crippen LogP contribution in [-0.4, -0.2) is 34.9 Å². The predicted octanol–water partition coefficient (Wildman–Crippen LogP) is 1.17. The third-order valence-electron chi connectivity index (χ3n) is 2.30. The molecule has 1 atom stereocenters. The first-order chi connectivity index (χ1) is 8.45. The van der Waals surface area contributed by atoms with Gasteiger partial charge in [0.25, 0.3) is 0 Å². The Hall–Kier alpha value is -1.35. The highest BCUT2D eigenvalue weighted by Crippen LogP contribution is 2.20. The standard InChI is InChI=1S/C11H13IN2O4/c1-6-7(12)3-2-4-8(6)13-11(18)14-9(5-15)10(16)17/h2-4,9,15H,5H2,1H3,(H,16,17)(H2,13,14,18). The molecule has 1 aromatic rings. The summed E-state index contributed by atoms with van der Waals surface area (Å²) in [5, 5.41) is 22.2. The lowest BCUT2D eigenvalue weighted by atomic mass is 10.2. The molecule has 4 N–H and O–H groups in total. The molecule has 6 nitrogen and oxygen atoms in total. The molecule has 0 bridgehead atoms. The van der Waals surface area contributed by atoms with Gasteiger partial charge in [0.1, 0.15) is 0 Å². The number of benzene rings is 1. The number of amides is 2. The fraction of sp³-hybridized carbons (Fsp3) is 0.273. The Morgan fingerprint density at radius 3 is 2.67 bits per heavy atom. The normalized spacial score (nSPS) is 11.7. The average molecular weight is 364 g/mol. The monoisotopic (exact) mass is 364 g/mol. The molecule has 0 fully saturated rings. The lowest BCUT2D eigenvalue weighted by molar-refractivity contribution is -0.140. The summed E-state index contributed by atoms with van der Waals surface area (Å²) in [5.74, 6) is -1.29. The van der Waals surface area contributed by atoms with Gasteiger partial charge in [-0.15, -0.1) is 0 Å². The van der Waals surface area contributed by atoms with Gasteiger partial charge in [0.05, 0.1) is 6.61 Å². The van der Waals surface area contributed by atoms with Gasteiger partial charge in [-0.05, 0) is 47.2 Å². The van der Waals surface area contributed by atoms with Crippen molar-refractivity contribution in [1.82, 2.24) is 5.32 Å². The molecule has 0 aliphatic heterocycles. The number of hydrogen-bond donors (Lipinski definition) is 4. The molecule has 0 aliphatic carbocycles. The third kappa shape index (κ3) is 3.84. The second-order valence-corrected chi connectivity index (χ2v) is 4.75. The molecule has 1 aromatic carbocycles. The van der Waals surface area contributed by atoms with Crippen molar-refractivity contribution in [3.63, 3.8) is 0 Å². The molecule has 1 unspecified atom stereocenters. The number of carboxylic acid groups (broad SMARTS) is 1. The summed E-state index contributed by atoms with van der Waals surface area (Å²) in [5.41, 5.74) is 1.49. The second kappa shape index (κ2) is 6.55. The highest BCUT2D eigenvalue weighted by Gasteiger charge is 2.18. The minimum absolute atomic E-state index is 0.599. The Morgan fingerprint density at radius 1 is 1.44 bits per heavy atom. The van der Waals surface area contributed by atoms with Crippen molar-refractivity contribution in [2.24, 2.45) is 0 Å². The number of anilines is 1. The highest BCUT2D eigenvalue weighted by atomic mass is 127. The van der Waals surface area contributed by atoms with Crippen molar-refractivity contribution in [2.45, 2.75) is 13.0 Å².